The van der Waals surface area contributed by atoms with Crippen molar-refractivity contribution in [3.63, 3.8) is 0 Å². The highest BCUT2D eigenvalue weighted by molar-refractivity contribution is 7.99. The van der Waals surface area contributed by atoms with Gasteiger partial charge in [0.25, 0.3) is 5.91 Å². The molecule has 0 aliphatic carbocycles. The highest BCUT2D eigenvalue weighted by Crippen LogP contribution is 2.34. The van der Waals surface area contributed by atoms with Crippen LogP contribution >= 0.6 is 11.8 Å². The smallest absolute Gasteiger partial charge is 0.342 e. The molecule has 0 N–H and O–H groups in total. The number of carbonyl (C=O) groups excluding carboxylic acids is 2. The van der Waals surface area contributed by atoms with Crippen molar-refractivity contribution in [1.29, 1.82) is 0 Å². The number of nitrogens with zero attached hydrogens (tertiary/aromatic N) is 1. The third-order valence-electron chi connectivity index (χ3n) is 4.16. The standard InChI is InChI=1S/C19H19NO5S/c1-11-10-16(21)24-12(2)17(11)19(23)25-13(3)18(22)20-8-9-26-15-7-5-4-6-14(15)20/h4-7,10,13H,8-9H2,1-3H3. The van der Waals surface area contributed by atoms with Gasteiger partial charge >= 0.3 is 11.6 Å². The number of fused-ring (bicyclic) bond motifs is 1. The number of para-hydroxylation sites is 1. The maximum atomic E-state index is 12.8. The third-order valence-corrected chi connectivity index (χ3v) is 5.21. The molecule has 1 aromatic heterocycles. The average molecular weight is 373 g/mol. The van der Waals surface area contributed by atoms with Crippen LogP contribution in [0, 0.1) is 13.8 Å². The van der Waals surface area contributed by atoms with Gasteiger partial charge in [-0.05, 0) is 38.5 Å². The second-order valence-corrected chi connectivity index (χ2v) is 7.17. The van der Waals surface area contributed by atoms with Crippen molar-refractivity contribution >= 4 is 29.3 Å². The van der Waals surface area contributed by atoms with Gasteiger partial charge in [-0.2, -0.15) is 0 Å². The van der Waals surface area contributed by atoms with Gasteiger partial charge < -0.3 is 14.1 Å². The number of carbonyl (C=O) groups is 2. The van der Waals surface area contributed by atoms with Gasteiger partial charge in [0.15, 0.2) is 6.10 Å². The third kappa shape index (κ3) is 3.53. The Kier molecular flexibility index (Phi) is 5.18. The second kappa shape index (κ2) is 7.37. The summed E-state index contributed by atoms with van der Waals surface area (Å²) in [6.45, 7) is 5.26. The van der Waals surface area contributed by atoms with Gasteiger partial charge in [0.1, 0.15) is 11.3 Å². The summed E-state index contributed by atoms with van der Waals surface area (Å²) in [5.74, 6) is 0.00768. The van der Waals surface area contributed by atoms with E-state index in [0.717, 1.165) is 16.3 Å². The largest absolute Gasteiger partial charge is 0.449 e. The molecule has 0 bridgehead atoms. The number of ether oxygens (including phenoxy) is 1. The van der Waals surface area contributed by atoms with E-state index < -0.39 is 17.7 Å². The minimum absolute atomic E-state index is 0.179. The van der Waals surface area contributed by atoms with Crippen molar-refractivity contribution < 1.29 is 18.7 Å². The van der Waals surface area contributed by atoms with Crippen LogP contribution in [0.1, 0.15) is 28.6 Å². The SMILES string of the molecule is Cc1cc(=O)oc(C)c1C(=O)OC(C)C(=O)N1CCSc2ccccc21. The Labute approximate surface area is 155 Å². The summed E-state index contributed by atoms with van der Waals surface area (Å²) in [5.41, 5.74) is 0.944. The monoisotopic (exact) mass is 373 g/mol. The molecule has 2 aromatic rings. The first-order valence-corrected chi connectivity index (χ1v) is 9.22. The molecule has 1 aromatic carbocycles. The maximum Gasteiger partial charge on any atom is 0.342 e. The van der Waals surface area contributed by atoms with E-state index in [0.29, 0.717) is 12.1 Å². The zero-order valence-corrected chi connectivity index (χ0v) is 15.6. The molecular weight excluding hydrogens is 354 g/mol. The molecule has 0 saturated heterocycles. The van der Waals surface area contributed by atoms with Crippen LogP contribution in [-0.4, -0.2) is 30.3 Å². The Bertz CT molecular complexity index is 894. The van der Waals surface area contributed by atoms with Crippen LogP contribution < -0.4 is 10.5 Å². The number of anilines is 1. The van der Waals surface area contributed by atoms with Gasteiger partial charge in [0.2, 0.25) is 0 Å². The lowest BCUT2D eigenvalue weighted by Gasteiger charge is -2.30. The number of benzene rings is 1. The molecule has 0 fully saturated rings. The summed E-state index contributed by atoms with van der Waals surface area (Å²) in [6.07, 6.45) is -0.954. The Morgan fingerprint density at radius 1 is 1.27 bits per heavy atom. The molecule has 1 aliphatic rings. The normalized spacial score (nSPS) is 14.5. The number of hydrogen-bond donors (Lipinski definition) is 0. The van der Waals surface area contributed by atoms with Gasteiger partial charge in [-0.1, -0.05) is 12.1 Å². The first-order valence-electron chi connectivity index (χ1n) is 8.24. The van der Waals surface area contributed by atoms with Crippen LogP contribution in [0.5, 0.6) is 0 Å². The van der Waals surface area contributed by atoms with Crippen molar-refractivity contribution in [2.75, 3.05) is 17.2 Å². The summed E-state index contributed by atoms with van der Waals surface area (Å²) in [7, 11) is 0. The first-order chi connectivity index (χ1) is 12.4. The molecule has 136 valence electrons. The molecule has 3 rings (SSSR count). The second-order valence-electron chi connectivity index (χ2n) is 6.03. The Balaban J connectivity index is 1.79. The number of hydrogen-bond acceptors (Lipinski definition) is 6. The summed E-state index contributed by atoms with van der Waals surface area (Å²) >= 11 is 1.69. The van der Waals surface area contributed by atoms with E-state index in [-0.39, 0.29) is 17.2 Å². The number of thioether (sulfide) groups is 1. The van der Waals surface area contributed by atoms with Gasteiger partial charge in [-0.25, -0.2) is 9.59 Å². The lowest BCUT2D eigenvalue weighted by molar-refractivity contribution is -0.126. The minimum atomic E-state index is -0.954. The Hall–Kier alpha value is -2.54. The lowest BCUT2D eigenvalue weighted by Crippen LogP contribution is -2.43. The molecule has 1 atom stereocenters. The van der Waals surface area contributed by atoms with E-state index in [2.05, 4.69) is 0 Å². The molecule has 1 amide bonds. The number of amides is 1. The van der Waals surface area contributed by atoms with E-state index in [1.54, 1.807) is 30.5 Å². The molecule has 0 saturated carbocycles. The van der Waals surface area contributed by atoms with E-state index in [4.69, 9.17) is 9.15 Å². The molecule has 0 radical (unpaired) electrons. The highest BCUT2D eigenvalue weighted by Gasteiger charge is 2.29. The van der Waals surface area contributed by atoms with E-state index in [1.807, 2.05) is 24.3 Å². The molecule has 7 heteroatoms. The summed E-state index contributed by atoms with van der Waals surface area (Å²) in [6, 6.07) is 8.88. The van der Waals surface area contributed by atoms with Gasteiger partial charge in [-0.15, -0.1) is 11.8 Å². The average Bonchev–Trinajstić information content (AvgIpc) is 2.59. The first kappa shape index (κ1) is 18.3. The predicted octanol–water partition coefficient (Wildman–Crippen LogP) is 2.94. The van der Waals surface area contributed by atoms with E-state index in [1.165, 1.54) is 13.0 Å². The van der Waals surface area contributed by atoms with Gasteiger partial charge in [0, 0.05) is 23.3 Å². The zero-order valence-electron chi connectivity index (χ0n) is 14.8. The van der Waals surface area contributed by atoms with E-state index in [9.17, 15) is 14.4 Å². The fraction of sp³-hybridized carbons (Fsp3) is 0.316. The summed E-state index contributed by atoms with van der Waals surface area (Å²) < 4.78 is 10.3. The van der Waals surface area contributed by atoms with Crippen LogP contribution in [0.25, 0.3) is 0 Å². The topological polar surface area (TPSA) is 76.8 Å². The van der Waals surface area contributed by atoms with Crippen LogP contribution in [0.15, 0.2) is 44.4 Å². The Morgan fingerprint density at radius 2 is 2.00 bits per heavy atom. The van der Waals surface area contributed by atoms with Crippen molar-refractivity contribution in [3.8, 4) is 0 Å². The zero-order chi connectivity index (χ0) is 18.8. The van der Waals surface area contributed by atoms with Gasteiger partial charge in [-0.3, -0.25) is 4.79 Å². The summed E-state index contributed by atoms with van der Waals surface area (Å²) in [4.78, 5) is 39.3. The predicted molar refractivity (Wildman–Crippen MR) is 98.8 cm³/mol. The molecule has 26 heavy (non-hydrogen) atoms. The minimum Gasteiger partial charge on any atom is -0.449 e. The van der Waals surface area contributed by atoms with Crippen LogP contribution in [0.4, 0.5) is 5.69 Å². The Morgan fingerprint density at radius 3 is 2.73 bits per heavy atom. The number of rotatable bonds is 3. The molecule has 2 heterocycles. The molecular formula is C19H19NO5S. The van der Waals surface area contributed by atoms with Crippen LogP contribution in [0.2, 0.25) is 0 Å². The fourth-order valence-electron chi connectivity index (χ4n) is 2.95. The van der Waals surface area contributed by atoms with E-state index >= 15 is 0 Å². The molecule has 1 aliphatic heterocycles. The number of aryl methyl sites for hydroxylation is 2. The quantitative estimate of drug-likeness (QED) is 0.770. The van der Waals surface area contributed by atoms with Crippen molar-refractivity contribution in [3.05, 3.63) is 57.6 Å². The van der Waals surface area contributed by atoms with Crippen molar-refractivity contribution in [1.82, 2.24) is 0 Å². The lowest BCUT2D eigenvalue weighted by atomic mass is 10.1. The molecule has 6 nitrogen and oxygen atoms in total. The van der Waals surface area contributed by atoms with Gasteiger partial charge in [0.05, 0.1) is 5.69 Å². The highest BCUT2D eigenvalue weighted by atomic mass is 32.2. The van der Waals surface area contributed by atoms with Crippen molar-refractivity contribution in [2.24, 2.45) is 0 Å². The van der Waals surface area contributed by atoms with Crippen LogP contribution in [-0.2, 0) is 9.53 Å². The van der Waals surface area contributed by atoms with Crippen molar-refractivity contribution in [2.45, 2.75) is 31.8 Å². The maximum absolute atomic E-state index is 12.8. The summed E-state index contributed by atoms with van der Waals surface area (Å²) in [5, 5.41) is 0. The van der Waals surface area contributed by atoms with Crippen LogP contribution in [0.3, 0.4) is 0 Å². The fourth-order valence-corrected chi connectivity index (χ4v) is 3.95. The molecule has 0 spiro atoms. The molecule has 1 unspecified atom stereocenters. The number of esters is 1.